The summed E-state index contributed by atoms with van der Waals surface area (Å²) >= 11 is 0. The van der Waals surface area contributed by atoms with Crippen LogP contribution in [0, 0.1) is 0 Å². The van der Waals surface area contributed by atoms with Crippen molar-refractivity contribution in [2.24, 2.45) is 7.05 Å². The van der Waals surface area contributed by atoms with Gasteiger partial charge in [0.2, 0.25) is 5.91 Å². The molecule has 5 nitrogen and oxygen atoms in total. The summed E-state index contributed by atoms with van der Waals surface area (Å²) in [6.45, 7) is 1.60. The number of halogens is 1. The number of aromatic nitrogens is 2. The molecule has 0 aliphatic carbocycles. The first-order valence-electron chi connectivity index (χ1n) is 5.72. The van der Waals surface area contributed by atoms with E-state index in [0.717, 1.165) is 18.7 Å². The molecule has 0 aromatic carbocycles. The highest BCUT2D eigenvalue weighted by molar-refractivity contribution is 5.85. The first kappa shape index (κ1) is 14.0. The van der Waals surface area contributed by atoms with Crippen LogP contribution in [-0.4, -0.2) is 28.3 Å². The molecule has 0 bridgehead atoms. The molecule has 0 saturated carbocycles. The lowest BCUT2D eigenvalue weighted by Gasteiger charge is -2.10. The third-order valence-corrected chi connectivity index (χ3v) is 2.98. The van der Waals surface area contributed by atoms with Crippen molar-refractivity contribution in [3.63, 3.8) is 0 Å². The maximum absolute atomic E-state index is 11.6. The molecule has 2 heterocycles. The zero-order valence-corrected chi connectivity index (χ0v) is 10.8. The lowest BCUT2D eigenvalue weighted by atomic mass is 10.1. The van der Waals surface area contributed by atoms with Gasteiger partial charge < -0.3 is 10.6 Å². The van der Waals surface area contributed by atoms with Gasteiger partial charge >= 0.3 is 0 Å². The second-order valence-electron chi connectivity index (χ2n) is 4.22. The molecule has 1 aromatic heterocycles. The van der Waals surface area contributed by atoms with E-state index in [9.17, 15) is 4.79 Å². The maximum Gasteiger partial charge on any atom is 0.221 e. The molecular formula is C11H19ClN4O. The Morgan fingerprint density at radius 1 is 1.71 bits per heavy atom. The van der Waals surface area contributed by atoms with Gasteiger partial charge in [-0.2, -0.15) is 5.10 Å². The van der Waals surface area contributed by atoms with Crippen LogP contribution in [-0.2, 0) is 18.4 Å². The Morgan fingerprint density at radius 3 is 3.12 bits per heavy atom. The summed E-state index contributed by atoms with van der Waals surface area (Å²) in [6.07, 6.45) is 4.61. The van der Waals surface area contributed by atoms with Crippen LogP contribution in [0.15, 0.2) is 12.3 Å². The highest BCUT2D eigenvalue weighted by Gasteiger charge is 2.17. The summed E-state index contributed by atoms with van der Waals surface area (Å²) < 4.78 is 1.77. The monoisotopic (exact) mass is 258 g/mol. The van der Waals surface area contributed by atoms with Gasteiger partial charge in [-0.3, -0.25) is 9.48 Å². The molecule has 17 heavy (non-hydrogen) atoms. The molecule has 1 aromatic rings. The van der Waals surface area contributed by atoms with Crippen LogP contribution in [0.1, 0.15) is 25.0 Å². The van der Waals surface area contributed by atoms with Gasteiger partial charge in [-0.15, -0.1) is 12.4 Å². The van der Waals surface area contributed by atoms with Crippen LogP contribution >= 0.6 is 12.4 Å². The number of nitrogens with zero attached hydrogens (tertiary/aromatic N) is 2. The van der Waals surface area contributed by atoms with Crippen molar-refractivity contribution in [1.82, 2.24) is 20.4 Å². The van der Waals surface area contributed by atoms with Crippen molar-refractivity contribution < 1.29 is 4.79 Å². The van der Waals surface area contributed by atoms with Crippen molar-refractivity contribution >= 4 is 18.3 Å². The number of nitrogens with one attached hydrogen (secondary N) is 2. The average molecular weight is 259 g/mol. The van der Waals surface area contributed by atoms with Gasteiger partial charge in [0.05, 0.1) is 12.2 Å². The van der Waals surface area contributed by atoms with E-state index in [1.54, 1.807) is 10.9 Å². The lowest BCUT2D eigenvalue weighted by Crippen LogP contribution is -2.31. The van der Waals surface area contributed by atoms with E-state index in [4.69, 9.17) is 0 Å². The SMILES string of the molecule is Cl.Cn1nccc1CNC(=O)CC1CCCN1. The summed E-state index contributed by atoms with van der Waals surface area (Å²) in [5.41, 5.74) is 1.02. The number of hydrogen-bond donors (Lipinski definition) is 2. The Morgan fingerprint density at radius 2 is 2.53 bits per heavy atom. The second kappa shape index (κ2) is 6.61. The van der Waals surface area contributed by atoms with Gasteiger partial charge in [0.25, 0.3) is 0 Å². The fraction of sp³-hybridized carbons (Fsp3) is 0.636. The van der Waals surface area contributed by atoms with Crippen LogP contribution in [0.5, 0.6) is 0 Å². The van der Waals surface area contributed by atoms with E-state index >= 15 is 0 Å². The van der Waals surface area contributed by atoms with E-state index < -0.39 is 0 Å². The number of amides is 1. The van der Waals surface area contributed by atoms with Crippen LogP contribution < -0.4 is 10.6 Å². The topological polar surface area (TPSA) is 59.0 Å². The molecule has 0 spiro atoms. The van der Waals surface area contributed by atoms with E-state index in [1.165, 1.54) is 6.42 Å². The maximum atomic E-state index is 11.6. The fourth-order valence-electron chi connectivity index (χ4n) is 1.99. The smallest absolute Gasteiger partial charge is 0.221 e. The van der Waals surface area contributed by atoms with Crippen LogP contribution in [0.2, 0.25) is 0 Å². The summed E-state index contributed by atoms with van der Waals surface area (Å²) in [5.74, 6) is 0.112. The van der Waals surface area contributed by atoms with Gasteiger partial charge in [0.15, 0.2) is 0 Å². The Labute approximate surface area is 107 Å². The summed E-state index contributed by atoms with van der Waals surface area (Å²) in [4.78, 5) is 11.6. The largest absolute Gasteiger partial charge is 0.350 e. The van der Waals surface area contributed by atoms with Gasteiger partial charge in [0.1, 0.15) is 0 Å². The van der Waals surface area contributed by atoms with Crippen molar-refractivity contribution in [3.05, 3.63) is 18.0 Å². The van der Waals surface area contributed by atoms with Gasteiger partial charge in [-0.1, -0.05) is 0 Å². The van der Waals surface area contributed by atoms with Crippen molar-refractivity contribution in [2.45, 2.75) is 31.8 Å². The van der Waals surface area contributed by atoms with E-state index in [0.29, 0.717) is 19.0 Å². The molecular weight excluding hydrogens is 240 g/mol. The molecule has 1 fully saturated rings. The molecule has 1 unspecified atom stereocenters. The van der Waals surface area contributed by atoms with Crippen LogP contribution in [0.4, 0.5) is 0 Å². The predicted octanol–water partition coefficient (Wildman–Crippen LogP) is 0.600. The number of hydrogen-bond acceptors (Lipinski definition) is 3. The minimum Gasteiger partial charge on any atom is -0.350 e. The Balaban J connectivity index is 0.00000144. The van der Waals surface area contributed by atoms with Gasteiger partial charge in [0, 0.05) is 25.7 Å². The second-order valence-corrected chi connectivity index (χ2v) is 4.22. The Kier molecular flexibility index (Phi) is 5.44. The first-order chi connectivity index (χ1) is 7.75. The molecule has 1 atom stereocenters. The summed E-state index contributed by atoms with van der Waals surface area (Å²) in [5, 5.41) is 10.3. The normalized spacial score (nSPS) is 18.8. The molecule has 1 aliphatic heterocycles. The molecule has 1 aliphatic rings. The molecule has 6 heteroatoms. The fourth-order valence-corrected chi connectivity index (χ4v) is 1.99. The zero-order valence-electron chi connectivity index (χ0n) is 9.98. The Hall–Kier alpha value is -1.07. The zero-order chi connectivity index (χ0) is 11.4. The quantitative estimate of drug-likeness (QED) is 0.832. The van der Waals surface area contributed by atoms with E-state index in [2.05, 4.69) is 15.7 Å². The minimum atomic E-state index is 0. The minimum absolute atomic E-state index is 0. The molecule has 1 saturated heterocycles. The third-order valence-electron chi connectivity index (χ3n) is 2.98. The van der Waals surface area contributed by atoms with Crippen molar-refractivity contribution in [1.29, 1.82) is 0 Å². The number of carbonyl (C=O) groups excluding carboxylic acids is 1. The molecule has 96 valence electrons. The molecule has 1 amide bonds. The summed E-state index contributed by atoms with van der Waals surface area (Å²) in [6, 6.07) is 2.28. The van der Waals surface area contributed by atoms with Gasteiger partial charge in [-0.05, 0) is 25.5 Å². The van der Waals surface area contributed by atoms with Crippen molar-refractivity contribution in [2.75, 3.05) is 6.54 Å². The molecule has 0 radical (unpaired) electrons. The predicted molar refractivity (Wildman–Crippen MR) is 67.9 cm³/mol. The van der Waals surface area contributed by atoms with E-state index in [1.807, 2.05) is 13.1 Å². The Bertz CT molecular complexity index is 360. The summed E-state index contributed by atoms with van der Waals surface area (Å²) in [7, 11) is 1.88. The standard InChI is InChI=1S/C11H18N4O.ClH/c1-15-10(4-6-14-15)8-13-11(16)7-9-3-2-5-12-9;/h4,6,9,12H,2-3,5,7-8H2,1H3,(H,13,16);1H. The van der Waals surface area contributed by atoms with E-state index in [-0.39, 0.29) is 18.3 Å². The number of carbonyl (C=O) groups is 1. The highest BCUT2D eigenvalue weighted by atomic mass is 35.5. The van der Waals surface area contributed by atoms with Crippen molar-refractivity contribution in [3.8, 4) is 0 Å². The number of aryl methyl sites for hydroxylation is 1. The number of rotatable bonds is 4. The molecule has 2 N–H and O–H groups in total. The first-order valence-corrected chi connectivity index (χ1v) is 5.72. The van der Waals surface area contributed by atoms with Crippen LogP contribution in [0.25, 0.3) is 0 Å². The third kappa shape index (κ3) is 4.02. The van der Waals surface area contributed by atoms with Crippen LogP contribution in [0.3, 0.4) is 0 Å². The average Bonchev–Trinajstić information content (AvgIpc) is 2.87. The lowest BCUT2D eigenvalue weighted by molar-refractivity contribution is -0.121. The highest BCUT2D eigenvalue weighted by Crippen LogP contribution is 2.08. The van der Waals surface area contributed by atoms with Gasteiger partial charge in [-0.25, -0.2) is 0 Å². The molecule has 2 rings (SSSR count).